The van der Waals surface area contributed by atoms with E-state index in [0.29, 0.717) is 5.56 Å². The third-order valence-corrected chi connectivity index (χ3v) is 5.13. The van der Waals surface area contributed by atoms with Crippen LogP contribution in [-0.4, -0.2) is 32.1 Å². The first-order valence-corrected chi connectivity index (χ1v) is 9.97. The summed E-state index contributed by atoms with van der Waals surface area (Å²) < 4.78 is 24.2. The van der Waals surface area contributed by atoms with Gasteiger partial charge in [0.15, 0.2) is 0 Å². The van der Waals surface area contributed by atoms with Crippen molar-refractivity contribution in [1.29, 1.82) is 5.26 Å². The van der Waals surface area contributed by atoms with Crippen molar-refractivity contribution in [3.05, 3.63) is 82.6 Å². The number of benzene rings is 2. The third-order valence-electron chi connectivity index (χ3n) is 5.13. The Bertz CT molecular complexity index is 1260. The molecule has 0 saturated heterocycles. The zero-order valence-corrected chi connectivity index (χ0v) is 18.6. The number of hydrogen-bond acceptors (Lipinski definition) is 8. The highest BCUT2D eigenvalue weighted by Gasteiger charge is 2.43. The Morgan fingerprint density at radius 2 is 1.74 bits per heavy atom. The summed E-state index contributed by atoms with van der Waals surface area (Å²) in [5, 5.41) is 12.4. The second-order valence-electron chi connectivity index (χ2n) is 7.18. The quantitative estimate of drug-likeness (QED) is 0.645. The van der Waals surface area contributed by atoms with Gasteiger partial charge in [0.1, 0.15) is 17.3 Å². The second kappa shape index (κ2) is 9.87. The van der Waals surface area contributed by atoms with E-state index >= 15 is 0 Å². The summed E-state index contributed by atoms with van der Waals surface area (Å²) in [6, 6.07) is 14.1. The zero-order chi connectivity index (χ0) is 25.0. The molecule has 1 heterocycles. The Kier molecular flexibility index (Phi) is 6.97. The molecule has 3 N–H and O–H groups in total. The number of nitrogens with two attached hydrogens (primary N) is 1. The molecule has 0 bridgehead atoms. The number of hydrogen-bond donors (Lipinski definition) is 2. The summed E-state index contributed by atoms with van der Waals surface area (Å²) in [4.78, 5) is 38.6. The minimum atomic E-state index is -1.03. The van der Waals surface area contributed by atoms with Crippen molar-refractivity contribution >= 4 is 29.2 Å². The van der Waals surface area contributed by atoms with E-state index in [1.165, 1.54) is 19.1 Å². The minimum absolute atomic E-state index is 0.0374. The highest BCUT2D eigenvalue weighted by atomic mass is 19.1. The zero-order valence-electron chi connectivity index (χ0n) is 18.6. The third kappa shape index (κ3) is 4.31. The lowest BCUT2D eigenvalue weighted by Crippen LogP contribution is -2.40. The summed E-state index contributed by atoms with van der Waals surface area (Å²) in [5.41, 5.74) is 6.28. The lowest BCUT2D eigenvalue weighted by atomic mass is 9.81. The number of halogens is 1. The van der Waals surface area contributed by atoms with Crippen LogP contribution in [0.15, 0.2) is 71.2 Å². The van der Waals surface area contributed by atoms with E-state index in [0.717, 1.165) is 25.2 Å². The molecule has 0 spiro atoms. The molecule has 3 rings (SSSR count). The van der Waals surface area contributed by atoms with Crippen LogP contribution in [0.25, 0.3) is 0 Å². The van der Waals surface area contributed by atoms with Crippen LogP contribution < -0.4 is 16.0 Å². The van der Waals surface area contributed by atoms with Crippen LogP contribution in [-0.2, 0) is 23.9 Å². The fourth-order valence-corrected chi connectivity index (χ4v) is 3.72. The van der Waals surface area contributed by atoms with Crippen LogP contribution in [0.2, 0.25) is 0 Å². The van der Waals surface area contributed by atoms with Crippen molar-refractivity contribution in [2.24, 2.45) is 5.73 Å². The number of rotatable bonds is 5. The number of carbonyl (C=O) groups is 3. The molecule has 0 radical (unpaired) electrons. The van der Waals surface area contributed by atoms with E-state index < -0.39 is 29.6 Å². The van der Waals surface area contributed by atoms with Crippen molar-refractivity contribution in [3.63, 3.8) is 0 Å². The molecule has 0 aliphatic carbocycles. The average Bonchev–Trinajstić information content (AvgIpc) is 2.84. The molecule has 9 nitrogen and oxygen atoms in total. The summed E-state index contributed by atoms with van der Waals surface area (Å²) >= 11 is 0. The lowest BCUT2D eigenvalue weighted by molar-refractivity contribution is -0.139. The van der Waals surface area contributed by atoms with Crippen LogP contribution in [0.5, 0.6) is 0 Å². The highest BCUT2D eigenvalue weighted by molar-refractivity contribution is 6.06. The SMILES string of the molecule is COC(=O)C1=C(C(=O)OC)N(c2ccc(F)c(NC(C)=O)c2)C(N)=C(C#N)C1c1ccccc1. The summed E-state index contributed by atoms with van der Waals surface area (Å²) in [7, 11) is 2.25. The molecular weight excluding hydrogens is 443 g/mol. The Hall–Kier alpha value is -4.65. The van der Waals surface area contributed by atoms with Gasteiger partial charge in [0.2, 0.25) is 5.91 Å². The molecular formula is C24H21FN4O5. The monoisotopic (exact) mass is 464 g/mol. The van der Waals surface area contributed by atoms with Gasteiger partial charge in [-0.1, -0.05) is 30.3 Å². The summed E-state index contributed by atoms with van der Waals surface area (Å²) in [5.74, 6) is -4.29. The molecule has 10 heteroatoms. The average molecular weight is 464 g/mol. The Balaban J connectivity index is 2.39. The molecule has 0 aromatic heterocycles. The number of esters is 2. The van der Waals surface area contributed by atoms with Gasteiger partial charge in [-0.3, -0.25) is 9.69 Å². The first-order valence-electron chi connectivity index (χ1n) is 9.97. The summed E-state index contributed by atoms with van der Waals surface area (Å²) in [6.45, 7) is 1.20. The van der Waals surface area contributed by atoms with Crippen LogP contribution in [0, 0.1) is 17.1 Å². The van der Waals surface area contributed by atoms with Gasteiger partial charge in [0.05, 0.1) is 48.7 Å². The smallest absolute Gasteiger partial charge is 0.355 e. The van der Waals surface area contributed by atoms with E-state index in [1.807, 2.05) is 6.07 Å². The number of allylic oxidation sites excluding steroid dienone is 1. The topological polar surface area (TPSA) is 135 Å². The van der Waals surface area contributed by atoms with Gasteiger partial charge < -0.3 is 20.5 Å². The van der Waals surface area contributed by atoms with Crippen LogP contribution >= 0.6 is 0 Å². The second-order valence-corrected chi connectivity index (χ2v) is 7.18. The fourth-order valence-electron chi connectivity index (χ4n) is 3.72. The molecule has 1 unspecified atom stereocenters. The molecule has 0 saturated carbocycles. The molecule has 1 atom stereocenters. The number of ether oxygens (including phenoxy) is 2. The Morgan fingerprint density at radius 1 is 1.09 bits per heavy atom. The first kappa shape index (κ1) is 24.0. The van der Waals surface area contributed by atoms with Gasteiger partial charge >= 0.3 is 11.9 Å². The molecule has 1 aliphatic heterocycles. The maximum atomic E-state index is 14.3. The fraction of sp³-hybridized carbons (Fsp3) is 0.167. The Morgan fingerprint density at radius 3 is 2.29 bits per heavy atom. The van der Waals surface area contributed by atoms with E-state index in [1.54, 1.807) is 30.3 Å². The van der Waals surface area contributed by atoms with Gasteiger partial charge in [-0.05, 0) is 23.8 Å². The number of nitrogens with zero attached hydrogens (tertiary/aromatic N) is 2. The molecule has 0 fully saturated rings. The number of anilines is 2. The Labute approximate surface area is 194 Å². The number of methoxy groups -OCH3 is 2. The predicted molar refractivity (Wildman–Crippen MR) is 120 cm³/mol. The standard InChI is InChI=1S/C24H21FN4O5/c1-13(30)28-18-11-15(9-10-17(18)25)29-21(24(32)34-3)20(23(31)33-2)19(16(12-26)22(29)27)14-7-5-4-6-8-14/h4-11,19H,27H2,1-3H3,(H,28,30). The maximum absolute atomic E-state index is 14.3. The number of nitriles is 1. The van der Waals surface area contributed by atoms with Gasteiger partial charge in [-0.2, -0.15) is 5.26 Å². The van der Waals surface area contributed by atoms with E-state index in [2.05, 4.69) is 5.32 Å². The van der Waals surface area contributed by atoms with Crippen molar-refractivity contribution in [2.75, 3.05) is 24.4 Å². The molecule has 2 aromatic rings. The minimum Gasteiger partial charge on any atom is -0.466 e. The molecule has 174 valence electrons. The molecule has 34 heavy (non-hydrogen) atoms. The molecule has 1 amide bonds. The predicted octanol–water partition coefficient (Wildman–Crippen LogP) is 2.68. The van der Waals surface area contributed by atoms with Gasteiger partial charge in [0, 0.05) is 6.92 Å². The van der Waals surface area contributed by atoms with Crippen LogP contribution in [0.1, 0.15) is 18.4 Å². The molecule has 2 aromatic carbocycles. The van der Waals surface area contributed by atoms with E-state index in [9.17, 15) is 24.0 Å². The normalized spacial score (nSPS) is 15.5. The van der Waals surface area contributed by atoms with Crippen molar-refractivity contribution < 1.29 is 28.2 Å². The largest absolute Gasteiger partial charge is 0.466 e. The van der Waals surface area contributed by atoms with Crippen LogP contribution in [0.4, 0.5) is 15.8 Å². The van der Waals surface area contributed by atoms with Crippen molar-refractivity contribution in [2.45, 2.75) is 12.8 Å². The maximum Gasteiger partial charge on any atom is 0.355 e. The van der Waals surface area contributed by atoms with Crippen LogP contribution in [0.3, 0.4) is 0 Å². The van der Waals surface area contributed by atoms with Gasteiger partial charge in [0.25, 0.3) is 0 Å². The van der Waals surface area contributed by atoms with Gasteiger partial charge in [-0.25, -0.2) is 14.0 Å². The first-order chi connectivity index (χ1) is 16.2. The van der Waals surface area contributed by atoms with E-state index in [4.69, 9.17) is 15.2 Å². The number of nitrogens with one attached hydrogen (secondary N) is 1. The van der Waals surface area contributed by atoms with Crippen molar-refractivity contribution in [3.8, 4) is 6.07 Å². The number of amides is 1. The summed E-state index contributed by atoms with van der Waals surface area (Å²) in [6.07, 6.45) is 0. The molecule has 1 aliphatic rings. The number of carbonyl (C=O) groups excluding carboxylic acids is 3. The van der Waals surface area contributed by atoms with Crippen molar-refractivity contribution in [1.82, 2.24) is 0 Å². The lowest BCUT2D eigenvalue weighted by Gasteiger charge is -2.36. The highest BCUT2D eigenvalue weighted by Crippen LogP contribution is 2.43. The van der Waals surface area contributed by atoms with Gasteiger partial charge in [-0.15, -0.1) is 0 Å². The van der Waals surface area contributed by atoms with E-state index in [-0.39, 0.29) is 34.0 Å².